The molecule has 124 valence electrons. The first-order chi connectivity index (χ1) is 9.91. The van der Waals surface area contributed by atoms with Crippen LogP contribution in [0.5, 0.6) is 0 Å². The molecule has 0 bridgehead atoms. The van der Waals surface area contributed by atoms with Crippen LogP contribution in [-0.2, 0) is 4.79 Å². The van der Waals surface area contributed by atoms with Gasteiger partial charge < -0.3 is 16.4 Å². The zero-order chi connectivity index (χ0) is 15.8. The van der Waals surface area contributed by atoms with Crippen molar-refractivity contribution in [2.24, 2.45) is 11.7 Å². The van der Waals surface area contributed by atoms with Crippen LogP contribution in [0.15, 0.2) is 24.3 Å². The van der Waals surface area contributed by atoms with Gasteiger partial charge in [-0.3, -0.25) is 9.59 Å². The van der Waals surface area contributed by atoms with Crippen LogP contribution in [0.4, 0.5) is 4.39 Å². The van der Waals surface area contributed by atoms with Crippen molar-refractivity contribution in [3.8, 4) is 0 Å². The molecule has 1 aromatic carbocycles. The standard InChI is InChI=1S/C15H22FN3O2.ClH/c1-10(11(2)17)14(20)18-8-3-9-19-15(21)12-4-6-13(16)7-5-12;/h4-7,10-11H,3,8-9,17H2,1-2H3,(H,18,20)(H,19,21);1H. The van der Waals surface area contributed by atoms with Crippen LogP contribution in [0.25, 0.3) is 0 Å². The van der Waals surface area contributed by atoms with Crippen molar-refractivity contribution in [3.63, 3.8) is 0 Å². The molecule has 0 saturated carbocycles. The van der Waals surface area contributed by atoms with E-state index < -0.39 is 0 Å². The van der Waals surface area contributed by atoms with Crippen molar-refractivity contribution < 1.29 is 14.0 Å². The van der Waals surface area contributed by atoms with Crippen molar-refractivity contribution >= 4 is 24.2 Å². The molecule has 7 heteroatoms. The molecule has 2 atom stereocenters. The Bertz CT molecular complexity index is 480. The van der Waals surface area contributed by atoms with Gasteiger partial charge in [-0.05, 0) is 37.6 Å². The van der Waals surface area contributed by atoms with E-state index in [1.54, 1.807) is 13.8 Å². The number of carbonyl (C=O) groups excluding carboxylic acids is 2. The molecule has 0 aliphatic rings. The van der Waals surface area contributed by atoms with E-state index in [-0.39, 0.29) is 42.0 Å². The summed E-state index contributed by atoms with van der Waals surface area (Å²) in [7, 11) is 0. The van der Waals surface area contributed by atoms with Gasteiger partial charge in [-0.25, -0.2) is 4.39 Å². The first kappa shape index (κ1) is 20.3. The molecular formula is C15H23ClFN3O2. The van der Waals surface area contributed by atoms with Gasteiger partial charge in [0.2, 0.25) is 5.91 Å². The molecule has 0 aromatic heterocycles. The van der Waals surface area contributed by atoms with Crippen LogP contribution in [0, 0.1) is 11.7 Å². The molecule has 0 saturated heterocycles. The van der Waals surface area contributed by atoms with Crippen LogP contribution >= 0.6 is 12.4 Å². The molecule has 0 aliphatic heterocycles. The Morgan fingerprint density at radius 3 is 2.23 bits per heavy atom. The number of hydrogen-bond donors (Lipinski definition) is 3. The van der Waals surface area contributed by atoms with E-state index in [0.29, 0.717) is 25.1 Å². The summed E-state index contributed by atoms with van der Waals surface area (Å²) < 4.78 is 12.7. The summed E-state index contributed by atoms with van der Waals surface area (Å²) in [4.78, 5) is 23.3. The molecule has 0 aliphatic carbocycles. The van der Waals surface area contributed by atoms with Gasteiger partial charge in [-0.15, -0.1) is 12.4 Å². The summed E-state index contributed by atoms with van der Waals surface area (Å²) in [6, 6.07) is 5.14. The summed E-state index contributed by atoms with van der Waals surface area (Å²) >= 11 is 0. The van der Waals surface area contributed by atoms with Crippen molar-refractivity contribution in [1.29, 1.82) is 0 Å². The molecule has 0 fully saturated rings. The second kappa shape index (κ2) is 10.1. The Labute approximate surface area is 136 Å². The molecule has 22 heavy (non-hydrogen) atoms. The van der Waals surface area contributed by atoms with Gasteiger partial charge in [-0.1, -0.05) is 6.92 Å². The normalized spacial score (nSPS) is 12.7. The third kappa shape index (κ3) is 6.87. The minimum atomic E-state index is -0.377. The fourth-order valence-corrected chi connectivity index (χ4v) is 1.60. The largest absolute Gasteiger partial charge is 0.356 e. The van der Waals surface area contributed by atoms with Gasteiger partial charge in [0.1, 0.15) is 5.82 Å². The number of nitrogens with two attached hydrogens (primary N) is 1. The van der Waals surface area contributed by atoms with Gasteiger partial charge in [0.05, 0.1) is 0 Å². The lowest BCUT2D eigenvalue weighted by Gasteiger charge is -2.15. The maximum Gasteiger partial charge on any atom is 0.251 e. The Morgan fingerprint density at radius 1 is 1.14 bits per heavy atom. The van der Waals surface area contributed by atoms with Crippen LogP contribution in [0.2, 0.25) is 0 Å². The lowest BCUT2D eigenvalue weighted by molar-refractivity contribution is -0.124. The quantitative estimate of drug-likeness (QED) is 0.661. The Morgan fingerprint density at radius 2 is 1.68 bits per heavy atom. The topological polar surface area (TPSA) is 84.2 Å². The van der Waals surface area contributed by atoms with Crippen LogP contribution in [0.1, 0.15) is 30.6 Å². The van der Waals surface area contributed by atoms with Gasteiger partial charge >= 0.3 is 0 Å². The monoisotopic (exact) mass is 331 g/mol. The number of nitrogens with one attached hydrogen (secondary N) is 2. The van der Waals surface area contributed by atoms with E-state index in [0.717, 1.165) is 0 Å². The molecule has 1 aromatic rings. The van der Waals surface area contributed by atoms with Crippen LogP contribution < -0.4 is 16.4 Å². The van der Waals surface area contributed by atoms with Crippen LogP contribution in [0.3, 0.4) is 0 Å². The highest BCUT2D eigenvalue weighted by Gasteiger charge is 2.15. The van der Waals surface area contributed by atoms with Gasteiger partial charge in [0.15, 0.2) is 0 Å². The van der Waals surface area contributed by atoms with Gasteiger partial charge in [0.25, 0.3) is 5.91 Å². The first-order valence-corrected chi connectivity index (χ1v) is 6.99. The second-order valence-electron chi connectivity index (χ2n) is 5.06. The molecule has 1 rings (SSSR count). The summed E-state index contributed by atoms with van der Waals surface area (Å²) in [5.41, 5.74) is 6.05. The Kier molecular flexibility index (Phi) is 9.37. The van der Waals surface area contributed by atoms with E-state index in [2.05, 4.69) is 10.6 Å². The van der Waals surface area contributed by atoms with E-state index in [9.17, 15) is 14.0 Å². The average molecular weight is 332 g/mol. The zero-order valence-corrected chi connectivity index (χ0v) is 13.6. The summed E-state index contributed by atoms with van der Waals surface area (Å²) in [5, 5.41) is 5.47. The SMILES string of the molecule is CC(N)C(C)C(=O)NCCCNC(=O)c1ccc(F)cc1.Cl. The summed E-state index contributed by atoms with van der Waals surface area (Å²) in [6.07, 6.45) is 0.615. The fourth-order valence-electron chi connectivity index (χ4n) is 1.60. The third-order valence-electron chi connectivity index (χ3n) is 3.25. The third-order valence-corrected chi connectivity index (χ3v) is 3.25. The highest BCUT2D eigenvalue weighted by atomic mass is 35.5. The summed E-state index contributed by atoms with van der Waals surface area (Å²) in [5.74, 6) is -0.962. The van der Waals surface area contributed by atoms with Gasteiger partial charge in [0, 0.05) is 30.6 Å². The number of halogens is 2. The van der Waals surface area contributed by atoms with Gasteiger partial charge in [-0.2, -0.15) is 0 Å². The molecular weight excluding hydrogens is 309 g/mol. The van der Waals surface area contributed by atoms with Crippen LogP contribution in [-0.4, -0.2) is 30.9 Å². The number of hydrogen-bond acceptors (Lipinski definition) is 3. The molecule has 2 amide bonds. The molecule has 5 nitrogen and oxygen atoms in total. The molecule has 0 heterocycles. The second-order valence-corrected chi connectivity index (χ2v) is 5.06. The molecule has 0 radical (unpaired) electrons. The minimum absolute atomic E-state index is 0. The van der Waals surface area contributed by atoms with E-state index in [4.69, 9.17) is 5.73 Å². The smallest absolute Gasteiger partial charge is 0.251 e. The maximum atomic E-state index is 12.7. The predicted molar refractivity (Wildman–Crippen MR) is 86.4 cm³/mol. The van der Waals surface area contributed by atoms with E-state index in [1.807, 2.05) is 0 Å². The Hall–Kier alpha value is -1.66. The molecule has 2 unspecified atom stereocenters. The number of benzene rings is 1. The van der Waals surface area contributed by atoms with Crippen molar-refractivity contribution in [2.75, 3.05) is 13.1 Å². The Balaban J connectivity index is 0.00000441. The van der Waals surface area contributed by atoms with E-state index >= 15 is 0 Å². The number of amides is 2. The highest BCUT2D eigenvalue weighted by Crippen LogP contribution is 2.02. The lowest BCUT2D eigenvalue weighted by Crippen LogP contribution is -2.39. The minimum Gasteiger partial charge on any atom is -0.356 e. The van der Waals surface area contributed by atoms with E-state index in [1.165, 1.54) is 24.3 Å². The number of carbonyl (C=O) groups is 2. The number of rotatable bonds is 7. The summed E-state index contributed by atoms with van der Waals surface area (Å²) in [6.45, 7) is 4.46. The molecule has 0 spiro atoms. The molecule has 4 N–H and O–H groups in total. The predicted octanol–water partition coefficient (Wildman–Crippen LogP) is 1.47. The maximum absolute atomic E-state index is 12.7. The van der Waals surface area contributed by atoms with Crippen molar-refractivity contribution in [3.05, 3.63) is 35.6 Å². The highest BCUT2D eigenvalue weighted by molar-refractivity contribution is 5.94. The lowest BCUT2D eigenvalue weighted by atomic mass is 10.0. The van der Waals surface area contributed by atoms with Crippen molar-refractivity contribution in [1.82, 2.24) is 10.6 Å². The fraction of sp³-hybridized carbons (Fsp3) is 0.467. The average Bonchev–Trinajstić information content (AvgIpc) is 2.46. The zero-order valence-electron chi connectivity index (χ0n) is 12.8. The van der Waals surface area contributed by atoms with Crippen molar-refractivity contribution in [2.45, 2.75) is 26.3 Å². The first-order valence-electron chi connectivity index (χ1n) is 6.99.